The highest BCUT2D eigenvalue weighted by atomic mass is 35.5. The van der Waals surface area contributed by atoms with Crippen molar-refractivity contribution in [2.24, 2.45) is 0 Å². The van der Waals surface area contributed by atoms with E-state index in [0.717, 1.165) is 47.7 Å². The van der Waals surface area contributed by atoms with E-state index in [1.165, 1.54) is 16.4 Å². The van der Waals surface area contributed by atoms with Gasteiger partial charge in [-0.1, -0.05) is 24.4 Å². The fraction of sp³-hybridized carbons (Fsp3) is 0.348. The number of hydrogen-bond acceptors (Lipinski definition) is 3. The largest absolute Gasteiger partial charge is 0.322 e. The summed E-state index contributed by atoms with van der Waals surface area (Å²) in [5, 5.41) is 1.39. The lowest BCUT2D eigenvalue weighted by atomic mass is 10.0. The van der Waals surface area contributed by atoms with Crippen LogP contribution in [0.5, 0.6) is 0 Å². The molecule has 0 unspecified atom stereocenters. The predicted molar refractivity (Wildman–Crippen MR) is 120 cm³/mol. The number of benzene rings is 2. The molecule has 0 saturated heterocycles. The van der Waals surface area contributed by atoms with Crippen molar-refractivity contribution in [3.05, 3.63) is 74.5 Å². The minimum absolute atomic E-state index is 0.0494. The van der Waals surface area contributed by atoms with Crippen molar-refractivity contribution in [3.63, 3.8) is 0 Å². The summed E-state index contributed by atoms with van der Waals surface area (Å²) in [5.74, 6) is 0. The molecule has 1 fully saturated rings. The molecule has 1 aliphatic carbocycles. The van der Waals surface area contributed by atoms with Gasteiger partial charge in [-0.2, -0.15) is 4.31 Å². The molecule has 0 amide bonds. The number of aromatic nitrogens is 1. The smallest absolute Gasteiger partial charge is 0.252 e. The Hall–Kier alpha value is -2.15. The highest BCUT2D eigenvalue weighted by molar-refractivity contribution is 7.89. The van der Waals surface area contributed by atoms with Crippen LogP contribution in [0.1, 0.15) is 42.4 Å². The van der Waals surface area contributed by atoms with E-state index in [0.29, 0.717) is 10.6 Å². The third kappa shape index (κ3) is 4.04. The highest BCUT2D eigenvalue weighted by Crippen LogP contribution is 2.30. The first-order chi connectivity index (χ1) is 14.3. The van der Waals surface area contributed by atoms with Crippen LogP contribution >= 0.6 is 11.6 Å². The number of aromatic amines is 1. The van der Waals surface area contributed by atoms with Gasteiger partial charge in [0.25, 0.3) is 5.56 Å². The van der Waals surface area contributed by atoms with Gasteiger partial charge in [-0.15, -0.1) is 0 Å². The van der Waals surface area contributed by atoms with Crippen LogP contribution in [0, 0.1) is 13.8 Å². The predicted octanol–water partition coefficient (Wildman–Crippen LogP) is 4.93. The van der Waals surface area contributed by atoms with Crippen LogP contribution in [0.3, 0.4) is 0 Å². The number of fused-ring (bicyclic) bond motifs is 1. The molecule has 7 heteroatoms. The molecule has 158 valence electrons. The lowest BCUT2D eigenvalue weighted by Crippen LogP contribution is -2.39. The van der Waals surface area contributed by atoms with E-state index in [1.54, 1.807) is 12.1 Å². The number of hydrogen-bond donors (Lipinski definition) is 1. The average molecular weight is 445 g/mol. The van der Waals surface area contributed by atoms with Crippen LogP contribution in [0.4, 0.5) is 0 Å². The van der Waals surface area contributed by atoms with Gasteiger partial charge in [-0.3, -0.25) is 4.79 Å². The highest BCUT2D eigenvalue weighted by Gasteiger charge is 2.34. The Balaban J connectivity index is 1.77. The standard InChI is InChI=1S/C23H25ClN2O3S/c1-15-11-17-13-18(23(27)25-22(17)12-16(15)2)14-26(20-5-3-4-6-20)30(28,29)21-9-7-19(24)8-10-21/h7-13,20H,3-6,14H2,1-2H3,(H,25,27). The second-order valence-electron chi connectivity index (χ2n) is 8.09. The van der Waals surface area contributed by atoms with Crippen LogP contribution in [-0.2, 0) is 16.6 Å². The van der Waals surface area contributed by atoms with Crippen LogP contribution < -0.4 is 5.56 Å². The van der Waals surface area contributed by atoms with Gasteiger partial charge >= 0.3 is 0 Å². The van der Waals surface area contributed by atoms with Gasteiger partial charge in [-0.05, 0) is 85.7 Å². The Morgan fingerprint density at radius 3 is 2.33 bits per heavy atom. The van der Waals surface area contributed by atoms with Gasteiger partial charge in [0.1, 0.15) is 0 Å². The van der Waals surface area contributed by atoms with Gasteiger partial charge in [0.15, 0.2) is 0 Å². The monoisotopic (exact) mass is 444 g/mol. The third-order valence-corrected chi connectivity index (χ3v) is 8.18. The molecule has 2 aromatic carbocycles. The van der Waals surface area contributed by atoms with Gasteiger partial charge in [0, 0.05) is 28.7 Å². The molecule has 3 aromatic rings. The van der Waals surface area contributed by atoms with Gasteiger partial charge in [0.05, 0.1) is 4.90 Å². The van der Waals surface area contributed by atoms with Crippen LogP contribution in [0.2, 0.25) is 5.02 Å². The van der Waals surface area contributed by atoms with Crippen molar-refractivity contribution in [3.8, 4) is 0 Å². The molecule has 5 nitrogen and oxygen atoms in total. The first-order valence-electron chi connectivity index (χ1n) is 10.2. The molecule has 1 heterocycles. The van der Waals surface area contributed by atoms with Crippen LogP contribution in [-0.4, -0.2) is 23.7 Å². The number of H-pyrrole nitrogens is 1. The van der Waals surface area contributed by atoms with E-state index in [1.807, 2.05) is 32.0 Å². The summed E-state index contributed by atoms with van der Waals surface area (Å²) in [5.41, 5.74) is 3.20. The molecule has 0 aliphatic heterocycles. The molecule has 1 aromatic heterocycles. The average Bonchev–Trinajstić information content (AvgIpc) is 3.22. The number of nitrogens with zero attached hydrogens (tertiary/aromatic N) is 1. The zero-order valence-corrected chi connectivity index (χ0v) is 18.7. The lowest BCUT2D eigenvalue weighted by Gasteiger charge is -2.28. The van der Waals surface area contributed by atoms with Crippen LogP contribution in [0.15, 0.2) is 52.2 Å². The van der Waals surface area contributed by atoms with Gasteiger partial charge in [-0.25, -0.2) is 8.42 Å². The Labute approximate surface area is 181 Å². The number of sulfonamides is 1. The number of rotatable bonds is 5. The molecule has 30 heavy (non-hydrogen) atoms. The zero-order chi connectivity index (χ0) is 21.5. The summed E-state index contributed by atoms with van der Waals surface area (Å²) in [6.45, 7) is 4.07. The SMILES string of the molecule is Cc1cc2cc(CN(C3CCCC3)S(=O)(=O)c3ccc(Cl)cc3)c(=O)[nH]c2cc1C. The molecule has 0 spiro atoms. The fourth-order valence-electron chi connectivity index (χ4n) is 4.15. The quantitative estimate of drug-likeness (QED) is 0.606. The maximum Gasteiger partial charge on any atom is 0.252 e. The number of nitrogens with one attached hydrogen (secondary N) is 1. The second kappa shape index (κ2) is 8.17. The first-order valence-corrected chi connectivity index (χ1v) is 12.0. The Morgan fingerprint density at radius 2 is 1.67 bits per heavy atom. The van der Waals surface area contributed by atoms with E-state index in [4.69, 9.17) is 11.6 Å². The van der Waals surface area contributed by atoms with Crippen molar-refractivity contribution >= 4 is 32.5 Å². The van der Waals surface area contributed by atoms with E-state index < -0.39 is 10.0 Å². The summed E-state index contributed by atoms with van der Waals surface area (Å²) in [4.78, 5) is 15.9. The number of halogens is 1. The summed E-state index contributed by atoms with van der Waals surface area (Å²) in [6, 6.07) is 11.9. The molecular formula is C23H25ClN2O3S. The molecule has 0 radical (unpaired) electrons. The van der Waals surface area contributed by atoms with Gasteiger partial charge in [0.2, 0.25) is 10.0 Å². The normalized spacial score (nSPS) is 15.3. The maximum atomic E-state index is 13.5. The molecule has 1 aliphatic rings. The Kier molecular flexibility index (Phi) is 5.75. The number of pyridine rings is 1. The molecule has 1 N–H and O–H groups in total. The number of aryl methyl sites for hydroxylation is 2. The molecule has 0 atom stereocenters. The fourth-order valence-corrected chi connectivity index (χ4v) is 5.94. The Morgan fingerprint density at radius 1 is 1.03 bits per heavy atom. The molecule has 0 bridgehead atoms. The molecular weight excluding hydrogens is 420 g/mol. The van der Waals surface area contributed by atoms with Crippen molar-refractivity contribution in [1.82, 2.24) is 9.29 Å². The van der Waals surface area contributed by atoms with Crippen molar-refractivity contribution in [2.45, 2.75) is 57.0 Å². The van der Waals surface area contributed by atoms with E-state index >= 15 is 0 Å². The summed E-state index contributed by atoms with van der Waals surface area (Å²) < 4.78 is 28.5. The van der Waals surface area contributed by atoms with Crippen molar-refractivity contribution in [2.75, 3.05) is 0 Å². The summed E-state index contributed by atoms with van der Waals surface area (Å²) in [7, 11) is -3.76. The van der Waals surface area contributed by atoms with Crippen molar-refractivity contribution < 1.29 is 8.42 Å². The minimum atomic E-state index is -3.76. The van der Waals surface area contributed by atoms with E-state index in [2.05, 4.69) is 4.98 Å². The molecule has 4 rings (SSSR count). The summed E-state index contributed by atoms with van der Waals surface area (Å²) in [6.07, 6.45) is 3.58. The first kappa shape index (κ1) is 21.1. The minimum Gasteiger partial charge on any atom is -0.322 e. The second-order valence-corrected chi connectivity index (χ2v) is 10.4. The molecule has 1 saturated carbocycles. The van der Waals surface area contributed by atoms with Crippen molar-refractivity contribution in [1.29, 1.82) is 0 Å². The van der Waals surface area contributed by atoms with E-state index in [-0.39, 0.29) is 23.0 Å². The maximum absolute atomic E-state index is 13.5. The van der Waals surface area contributed by atoms with Crippen LogP contribution in [0.25, 0.3) is 10.9 Å². The third-order valence-electron chi connectivity index (χ3n) is 6.01. The topological polar surface area (TPSA) is 70.2 Å². The Bertz CT molecular complexity index is 1240. The lowest BCUT2D eigenvalue weighted by molar-refractivity contribution is 0.315. The van der Waals surface area contributed by atoms with Gasteiger partial charge < -0.3 is 4.98 Å². The summed E-state index contributed by atoms with van der Waals surface area (Å²) >= 11 is 5.94. The zero-order valence-electron chi connectivity index (χ0n) is 17.1. The van der Waals surface area contributed by atoms with E-state index in [9.17, 15) is 13.2 Å².